The standard InChI is InChI=1S/C18H22N4O3/c1-11(2)16-15-12(18(23)22(4)8-7-19-3)10-13(14-6-5-9-24-14)20-17(15)25-21-16/h5-6,9-11,19H,7-8H2,1-4H3. The predicted octanol–water partition coefficient (Wildman–Crippen LogP) is 2.90. The molecule has 0 aliphatic carbocycles. The molecule has 3 rings (SSSR count). The van der Waals surface area contributed by atoms with Gasteiger partial charge in [0, 0.05) is 20.1 Å². The molecule has 0 atom stereocenters. The van der Waals surface area contributed by atoms with Crippen molar-refractivity contribution in [3.63, 3.8) is 0 Å². The lowest BCUT2D eigenvalue weighted by atomic mass is 10.0. The first-order valence-electron chi connectivity index (χ1n) is 8.27. The Morgan fingerprint density at radius 3 is 2.84 bits per heavy atom. The van der Waals surface area contributed by atoms with Crippen LogP contribution in [-0.4, -0.2) is 48.1 Å². The normalized spacial score (nSPS) is 11.4. The third kappa shape index (κ3) is 3.28. The summed E-state index contributed by atoms with van der Waals surface area (Å²) in [7, 11) is 3.63. The number of carbonyl (C=O) groups excluding carboxylic acids is 1. The number of aromatic nitrogens is 2. The molecule has 0 unspecified atom stereocenters. The molecule has 25 heavy (non-hydrogen) atoms. The second-order valence-corrected chi connectivity index (χ2v) is 6.27. The van der Waals surface area contributed by atoms with Gasteiger partial charge in [-0.25, -0.2) is 4.98 Å². The average molecular weight is 342 g/mol. The van der Waals surface area contributed by atoms with E-state index in [0.717, 1.165) is 5.69 Å². The third-order valence-electron chi connectivity index (χ3n) is 4.07. The number of carbonyl (C=O) groups is 1. The fourth-order valence-corrected chi connectivity index (χ4v) is 2.67. The Balaban J connectivity index is 2.15. The van der Waals surface area contributed by atoms with E-state index >= 15 is 0 Å². The van der Waals surface area contributed by atoms with E-state index in [2.05, 4.69) is 15.5 Å². The van der Waals surface area contributed by atoms with Crippen molar-refractivity contribution in [3.8, 4) is 11.5 Å². The van der Waals surface area contributed by atoms with Crippen LogP contribution in [0.25, 0.3) is 22.6 Å². The highest BCUT2D eigenvalue weighted by atomic mass is 16.5. The summed E-state index contributed by atoms with van der Waals surface area (Å²) in [6, 6.07) is 5.33. The van der Waals surface area contributed by atoms with Crippen molar-refractivity contribution in [1.82, 2.24) is 20.4 Å². The van der Waals surface area contributed by atoms with Crippen molar-refractivity contribution in [1.29, 1.82) is 0 Å². The van der Waals surface area contributed by atoms with Crippen LogP contribution in [0.1, 0.15) is 35.8 Å². The Labute approximate surface area is 146 Å². The molecule has 3 aromatic heterocycles. The van der Waals surface area contributed by atoms with Gasteiger partial charge in [0.05, 0.1) is 22.9 Å². The molecular formula is C18H22N4O3. The van der Waals surface area contributed by atoms with Crippen LogP contribution in [0.5, 0.6) is 0 Å². The summed E-state index contributed by atoms with van der Waals surface area (Å²) in [5.74, 6) is 0.601. The van der Waals surface area contributed by atoms with Crippen molar-refractivity contribution >= 4 is 17.0 Å². The van der Waals surface area contributed by atoms with Crippen molar-refractivity contribution in [2.45, 2.75) is 19.8 Å². The highest BCUT2D eigenvalue weighted by Gasteiger charge is 2.24. The summed E-state index contributed by atoms with van der Waals surface area (Å²) in [5.41, 5.74) is 2.16. The number of hydrogen-bond acceptors (Lipinski definition) is 6. The number of nitrogens with one attached hydrogen (secondary N) is 1. The van der Waals surface area contributed by atoms with Gasteiger partial charge in [-0.3, -0.25) is 4.79 Å². The maximum Gasteiger partial charge on any atom is 0.259 e. The molecule has 7 nitrogen and oxygen atoms in total. The van der Waals surface area contributed by atoms with Crippen molar-refractivity contribution in [2.75, 3.05) is 27.2 Å². The van der Waals surface area contributed by atoms with Crippen molar-refractivity contribution in [2.24, 2.45) is 0 Å². The van der Waals surface area contributed by atoms with Gasteiger partial charge in [-0.1, -0.05) is 19.0 Å². The highest BCUT2D eigenvalue weighted by Crippen LogP contribution is 2.31. The van der Waals surface area contributed by atoms with Gasteiger partial charge >= 0.3 is 0 Å². The van der Waals surface area contributed by atoms with Gasteiger partial charge in [-0.2, -0.15) is 0 Å². The summed E-state index contributed by atoms with van der Waals surface area (Å²) in [6.07, 6.45) is 1.57. The van der Waals surface area contributed by atoms with Crippen LogP contribution < -0.4 is 5.32 Å². The number of fused-ring (bicyclic) bond motifs is 1. The van der Waals surface area contributed by atoms with E-state index in [1.165, 1.54) is 0 Å². The van der Waals surface area contributed by atoms with Crippen molar-refractivity contribution < 1.29 is 13.7 Å². The quantitative estimate of drug-likeness (QED) is 0.741. The molecule has 0 radical (unpaired) electrons. The lowest BCUT2D eigenvalue weighted by Gasteiger charge is -2.18. The van der Waals surface area contributed by atoms with Gasteiger partial charge in [-0.15, -0.1) is 0 Å². The van der Waals surface area contributed by atoms with E-state index in [4.69, 9.17) is 8.94 Å². The molecule has 0 saturated carbocycles. The Morgan fingerprint density at radius 1 is 1.40 bits per heavy atom. The topological polar surface area (TPSA) is 84.4 Å². The SMILES string of the molecule is CNCCN(C)C(=O)c1cc(-c2ccco2)nc2onc(C(C)C)c12. The number of furan rings is 1. The predicted molar refractivity (Wildman–Crippen MR) is 94.5 cm³/mol. The van der Waals surface area contributed by atoms with Crippen LogP contribution in [0.4, 0.5) is 0 Å². The van der Waals surface area contributed by atoms with E-state index in [1.54, 1.807) is 36.4 Å². The van der Waals surface area contributed by atoms with E-state index < -0.39 is 0 Å². The number of rotatable bonds is 6. The lowest BCUT2D eigenvalue weighted by molar-refractivity contribution is 0.0798. The minimum Gasteiger partial charge on any atom is -0.463 e. The van der Waals surface area contributed by atoms with E-state index in [0.29, 0.717) is 41.2 Å². The van der Waals surface area contributed by atoms with Crippen LogP contribution in [-0.2, 0) is 0 Å². The van der Waals surface area contributed by atoms with Gasteiger partial charge in [0.15, 0.2) is 5.76 Å². The van der Waals surface area contributed by atoms with Gasteiger partial charge in [0.1, 0.15) is 5.69 Å². The first-order valence-corrected chi connectivity index (χ1v) is 8.27. The summed E-state index contributed by atoms with van der Waals surface area (Å²) in [4.78, 5) is 19.2. The first-order chi connectivity index (χ1) is 12.0. The zero-order valence-corrected chi connectivity index (χ0v) is 14.9. The van der Waals surface area contributed by atoms with Crippen LogP contribution in [0.15, 0.2) is 33.4 Å². The summed E-state index contributed by atoms with van der Waals surface area (Å²) in [5, 5.41) is 7.85. The summed E-state index contributed by atoms with van der Waals surface area (Å²) in [6.45, 7) is 5.33. The molecule has 3 heterocycles. The number of pyridine rings is 1. The van der Waals surface area contributed by atoms with Gasteiger partial charge < -0.3 is 19.2 Å². The molecule has 1 N–H and O–H groups in total. The molecule has 0 aliphatic heterocycles. The molecule has 0 aliphatic rings. The number of nitrogens with zero attached hydrogens (tertiary/aromatic N) is 3. The molecule has 1 amide bonds. The van der Waals surface area contributed by atoms with Crippen molar-refractivity contribution in [3.05, 3.63) is 35.7 Å². The first kappa shape index (κ1) is 17.2. The molecule has 132 valence electrons. The summed E-state index contributed by atoms with van der Waals surface area (Å²) < 4.78 is 10.8. The lowest BCUT2D eigenvalue weighted by Crippen LogP contribution is -2.33. The number of hydrogen-bond donors (Lipinski definition) is 1. The molecule has 0 spiro atoms. The number of likely N-dealkylation sites (N-methyl/N-ethyl adjacent to an activating group) is 2. The fourth-order valence-electron chi connectivity index (χ4n) is 2.67. The molecular weight excluding hydrogens is 320 g/mol. The minimum absolute atomic E-state index is 0.0967. The zero-order chi connectivity index (χ0) is 18.0. The molecule has 7 heteroatoms. The maximum atomic E-state index is 13.0. The monoisotopic (exact) mass is 342 g/mol. The molecule has 0 fully saturated rings. The fraction of sp³-hybridized carbons (Fsp3) is 0.389. The Kier molecular flexibility index (Phi) is 4.85. The van der Waals surface area contributed by atoms with Crippen LogP contribution in [0.3, 0.4) is 0 Å². The zero-order valence-electron chi connectivity index (χ0n) is 14.9. The van der Waals surface area contributed by atoms with Crippen LogP contribution in [0, 0.1) is 0 Å². The Bertz CT molecular complexity index is 868. The second-order valence-electron chi connectivity index (χ2n) is 6.27. The van der Waals surface area contributed by atoms with E-state index in [1.807, 2.05) is 20.9 Å². The van der Waals surface area contributed by atoms with Gasteiger partial charge in [0.25, 0.3) is 11.6 Å². The molecule has 3 aromatic rings. The van der Waals surface area contributed by atoms with Gasteiger partial charge in [-0.05, 0) is 31.2 Å². The molecule has 0 saturated heterocycles. The van der Waals surface area contributed by atoms with E-state index in [-0.39, 0.29) is 11.8 Å². The largest absolute Gasteiger partial charge is 0.463 e. The Morgan fingerprint density at radius 2 is 2.20 bits per heavy atom. The van der Waals surface area contributed by atoms with Crippen LogP contribution >= 0.6 is 0 Å². The highest BCUT2D eigenvalue weighted by molar-refractivity contribution is 6.07. The minimum atomic E-state index is -0.0967. The average Bonchev–Trinajstić information content (AvgIpc) is 3.27. The summed E-state index contributed by atoms with van der Waals surface area (Å²) >= 11 is 0. The number of amides is 1. The smallest absolute Gasteiger partial charge is 0.259 e. The van der Waals surface area contributed by atoms with Crippen LogP contribution in [0.2, 0.25) is 0 Å². The molecule has 0 bridgehead atoms. The maximum absolute atomic E-state index is 13.0. The second kappa shape index (κ2) is 7.06. The Hall–Kier alpha value is -2.67. The van der Waals surface area contributed by atoms with Gasteiger partial charge in [0.2, 0.25) is 0 Å². The third-order valence-corrected chi connectivity index (χ3v) is 4.07. The van der Waals surface area contributed by atoms with E-state index in [9.17, 15) is 4.79 Å². The molecule has 0 aromatic carbocycles.